The van der Waals surface area contributed by atoms with Crippen molar-refractivity contribution < 1.29 is 18.0 Å². The number of aryl methyl sites for hydroxylation is 1. The molecule has 148 valence electrons. The predicted octanol–water partition coefficient (Wildman–Crippen LogP) is 0.735. The van der Waals surface area contributed by atoms with Crippen molar-refractivity contribution in [2.24, 2.45) is 5.92 Å². The van der Waals surface area contributed by atoms with Crippen molar-refractivity contribution in [1.29, 1.82) is 0 Å². The lowest BCUT2D eigenvalue weighted by Crippen LogP contribution is -2.57. The van der Waals surface area contributed by atoms with Crippen LogP contribution < -0.4 is 10.2 Å². The fraction of sp³-hybridized carbons (Fsp3) is 0.647. The van der Waals surface area contributed by atoms with E-state index in [0.29, 0.717) is 44.1 Å². The van der Waals surface area contributed by atoms with Crippen LogP contribution in [0.3, 0.4) is 0 Å². The molecular formula is C17H25N5O4S. The molecule has 0 radical (unpaired) electrons. The third-order valence-corrected chi connectivity index (χ3v) is 6.19. The molecule has 2 fully saturated rings. The number of carbonyl (C=O) groups excluding carboxylic acids is 2. The number of sulfone groups is 1. The van der Waals surface area contributed by atoms with Crippen LogP contribution in [0, 0.1) is 12.8 Å². The number of piperidine rings is 1. The SMILES string of the molecule is Cc1ncc(S(C)(=O)=O)c(N2CCC3(CC2)C(=O)NC(=O)N3CC(C)C)n1. The molecule has 3 rings (SSSR count). The molecule has 2 aliphatic heterocycles. The van der Waals surface area contributed by atoms with E-state index >= 15 is 0 Å². The van der Waals surface area contributed by atoms with Gasteiger partial charge in [-0.2, -0.15) is 0 Å². The minimum atomic E-state index is -3.48. The average molecular weight is 395 g/mol. The molecule has 3 heterocycles. The fourth-order valence-electron chi connectivity index (χ4n) is 3.74. The Bertz CT molecular complexity index is 875. The minimum Gasteiger partial charge on any atom is -0.355 e. The molecule has 1 spiro atoms. The first-order valence-corrected chi connectivity index (χ1v) is 10.9. The molecular weight excluding hydrogens is 370 g/mol. The highest BCUT2D eigenvalue weighted by molar-refractivity contribution is 7.90. The first-order valence-electron chi connectivity index (χ1n) is 8.96. The summed E-state index contributed by atoms with van der Waals surface area (Å²) < 4.78 is 24.2. The number of hydrogen-bond donors (Lipinski definition) is 1. The average Bonchev–Trinajstić information content (AvgIpc) is 2.78. The van der Waals surface area contributed by atoms with Crippen LogP contribution in [0.1, 0.15) is 32.5 Å². The van der Waals surface area contributed by atoms with Crippen LogP contribution in [0.15, 0.2) is 11.1 Å². The number of hydrogen-bond acceptors (Lipinski definition) is 7. The summed E-state index contributed by atoms with van der Waals surface area (Å²) in [6.45, 7) is 7.05. The van der Waals surface area contributed by atoms with E-state index in [1.807, 2.05) is 18.7 Å². The van der Waals surface area contributed by atoms with Gasteiger partial charge in [0.2, 0.25) is 0 Å². The fourth-order valence-corrected chi connectivity index (χ4v) is 4.49. The van der Waals surface area contributed by atoms with Crippen LogP contribution in [-0.2, 0) is 14.6 Å². The second-order valence-corrected chi connectivity index (χ2v) is 9.64. The van der Waals surface area contributed by atoms with E-state index in [1.54, 1.807) is 11.8 Å². The van der Waals surface area contributed by atoms with E-state index in [1.165, 1.54) is 6.20 Å². The van der Waals surface area contributed by atoms with Crippen molar-refractivity contribution in [3.05, 3.63) is 12.0 Å². The second kappa shape index (κ2) is 6.74. The number of nitrogens with zero attached hydrogens (tertiary/aromatic N) is 4. The van der Waals surface area contributed by atoms with Crippen molar-refractivity contribution in [3.63, 3.8) is 0 Å². The quantitative estimate of drug-likeness (QED) is 0.748. The zero-order valence-electron chi connectivity index (χ0n) is 16.0. The van der Waals surface area contributed by atoms with E-state index in [0.717, 1.165) is 6.26 Å². The van der Waals surface area contributed by atoms with Crippen LogP contribution in [-0.4, -0.2) is 66.7 Å². The van der Waals surface area contributed by atoms with Gasteiger partial charge < -0.3 is 9.80 Å². The molecule has 27 heavy (non-hydrogen) atoms. The number of amides is 3. The Hall–Kier alpha value is -2.23. The summed E-state index contributed by atoms with van der Waals surface area (Å²) >= 11 is 0. The summed E-state index contributed by atoms with van der Waals surface area (Å²) in [5.41, 5.74) is -0.870. The maximum Gasteiger partial charge on any atom is 0.325 e. The van der Waals surface area contributed by atoms with E-state index in [-0.39, 0.29) is 22.8 Å². The summed E-state index contributed by atoms with van der Waals surface area (Å²) in [7, 11) is -3.48. The number of carbonyl (C=O) groups is 2. The van der Waals surface area contributed by atoms with E-state index in [2.05, 4.69) is 15.3 Å². The molecule has 0 saturated carbocycles. The van der Waals surface area contributed by atoms with Crippen LogP contribution in [0.5, 0.6) is 0 Å². The van der Waals surface area contributed by atoms with Crippen molar-refractivity contribution in [1.82, 2.24) is 20.2 Å². The summed E-state index contributed by atoms with van der Waals surface area (Å²) in [5, 5.41) is 2.44. The van der Waals surface area contributed by atoms with Gasteiger partial charge in [0.25, 0.3) is 5.91 Å². The Labute approximate surface area is 159 Å². The molecule has 3 amide bonds. The smallest absolute Gasteiger partial charge is 0.325 e. The van der Waals surface area contributed by atoms with Crippen molar-refractivity contribution in [2.75, 3.05) is 30.8 Å². The molecule has 0 aromatic carbocycles. The van der Waals surface area contributed by atoms with Crippen molar-refractivity contribution in [2.45, 2.75) is 44.0 Å². The lowest BCUT2D eigenvalue weighted by atomic mass is 9.85. The van der Waals surface area contributed by atoms with Gasteiger partial charge in [0.05, 0.1) is 6.20 Å². The molecule has 1 aromatic rings. The number of nitrogens with one attached hydrogen (secondary N) is 1. The number of rotatable bonds is 4. The third kappa shape index (κ3) is 3.50. The monoisotopic (exact) mass is 395 g/mol. The van der Waals surface area contributed by atoms with E-state index in [4.69, 9.17) is 0 Å². The van der Waals surface area contributed by atoms with E-state index in [9.17, 15) is 18.0 Å². The highest BCUT2D eigenvalue weighted by atomic mass is 32.2. The van der Waals surface area contributed by atoms with Gasteiger partial charge in [-0.15, -0.1) is 0 Å². The highest BCUT2D eigenvalue weighted by Gasteiger charge is 2.54. The zero-order valence-corrected chi connectivity index (χ0v) is 16.8. The molecule has 2 aliphatic rings. The highest BCUT2D eigenvalue weighted by Crippen LogP contribution is 2.36. The predicted molar refractivity (Wildman–Crippen MR) is 99.1 cm³/mol. The maximum absolute atomic E-state index is 12.6. The van der Waals surface area contributed by atoms with Gasteiger partial charge in [0, 0.05) is 25.9 Å². The lowest BCUT2D eigenvalue weighted by molar-refractivity contribution is -0.127. The molecule has 0 unspecified atom stereocenters. The Balaban J connectivity index is 1.88. The van der Waals surface area contributed by atoms with Gasteiger partial charge in [-0.3, -0.25) is 10.1 Å². The number of imide groups is 1. The Kier molecular flexibility index (Phi) is 4.87. The van der Waals surface area contributed by atoms with Crippen molar-refractivity contribution in [3.8, 4) is 0 Å². The van der Waals surface area contributed by atoms with Crippen LogP contribution in [0.2, 0.25) is 0 Å². The first kappa shape index (κ1) is 19.5. The molecule has 9 nitrogen and oxygen atoms in total. The third-order valence-electron chi connectivity index (χ3n) is 5.10. The van der Waals surface area contributed by atoms with E-state index < -0.39 is 15.4 Å². The van der Waals surface area contributed by atoms with Crippen molar-refractivity contribution >= 4 is 27.6 Å². The molecule has 0 bridgehead atoms. The van der Waals surface area contributed by atoms with Crippen LogP contribution in [0.25, 0.3) is 0 Å². The topological polar surface area (TPSA) is 113 Å². The summed E-state index contributed by atoms with van der Waals surface area (Å²) in [5.74, 6) is 0.806. The molecule has 0 atom stereocenters. The van der Waals surface area contributed by atoms with Gasteiger partial charge in [0.1, 0.15) is 16.3 Å². The number of urea groups is 1. The standard InChI is InChI=1S/C17H25N5O4S/c1-11(2)10-22-16(24)20-15(23)17(22)5-7-21(8-6-17)14-13(27(4,25)26)9-18-12(3)19-14/h9,11H,5-8,10H2,1-4H3,(H,20,23,24). The number of aromatic nitrogens is 2. The molecule has 10 heteroatoms. The van der Waals surface area contributed by atoms with Gasteiger partial charge >= 0.3 is 6.03 Å². The lowest BCUT2D eigenvalue weighted by Gasteiger charge is -2.43. The first-order chi connectivity index (χ1) is 12.5. The summed E-state index contributed by atoms with van der Waals surface area (Å²) in [4.78, 5) is 36.7. The second-order valence-electron chi connectivity index (χ2n) is 7.66. The largest absolute Gasteiger partial charge is 0.355 e. The van der Waals surface area contributed by atoms with Gasteiger partial charge in [0.15, 0.2) is 15.7 Å². The Morgan fingerprint density at radius 2 is 1.89 bits per heavy atom. The molecule has 2 saturated heterocycles. The Morgan fingerprint density at radius 3 is 2.44 bits per heavy atom. The zero-order chi connectivity index (χ0) is 20.0. The van der Waals surface area contributed by atoms with Crippen LogP contribution >= 0.6 is 0 Å². The number of anilines is 1. The maximum atomic E-state index is 12.6. The molecule has 1 N–H and O–H groups in total. The van der Waals surface area contributed by atoms with Crippen LogP contribution in [0.4, 0.5) is 10.6 Å². The molecule has 0 aliphatic carbocycles. The van der Waals surface area contributed by atoms with Gasteiger partial charge in [-0.25, -0.2) is 23.2 Å². The summed E-state index contributed by atoms with van der Waals surface area (Å²) in [6.07, 6.45) is 3.30. The van der Waals surface area contributed by atoms with Gasteiger partial charge in [-0.05, 0) is 25.7 Å². The normalized spacial score (nSPS) is 19.9. The summed E-state index contributed by atoms with van der Waals surface area (Å²) in [6, 6.07) is -0.350. The Morgan fingerprint density at radius 1 is 1.26 bits per heavy atom. The minimum absolute atomic E-state index is 0.0787. The molecule has 1 aromatic heterocycles. The van der Waals surface area contributed by atoms with Gasteiger partial charge in [-0.1, -0.05) is 13.8 Å².